The molecule has 14 heavy (non-hydrogen) atoms. The summed E-state index contributed by atoms with van der Waals surface area (Å²) in [4.78, 5) is 13.5. The Bertz CT molecular complexity index is 171. The van der Waals surface area contributed by atoms with E-state index in [0.717, 1.165) is 39.3 Å². The minimum Gasteiger partial charge on any atom is -0.355 e. The molecule has 0 aliphatic carbocycles. The van der Waals surface area contributed by atoms with E-state index in [0.29, 0.717) is 12.2 Å². The number of amides is 1. The van der Waals surface area contributed by atoms with Crippen LogP contribution in [0.4, 0.5) is 0 Å². The van der Waals surface area contributed by atoms with Crippen LogP contribution in [0.1, 0.15) is 6.42 Å². The van der Waals surface area contributed by atoms with Crippen molar-refractivity contribution in [2.45, 2.75) is 6.42 Å². The Kier molecular flexibility index (Phi) is 5.98. The summed E-state index contributed by atoms with van der Waals surface area (Å²) in [6.45, 7) is 6.01. The molecule has 1 heterocycles. The molecule has 1 saturated heterocycles. The van der Waals surface area contributed by atoms with E-state index in [9.17, 15) is 4.79 Å². The first-order valence-corrected chi connectivity index (χ1v) is 5.77. The van der Waals surface area contributed by atoms with Crippen LogP contribution < -0.4 is 10.6 Å². The minimum atomic E-state index is 0.107. The molecule has 0 aromatic heterocycles. The summed E-state index contributed by atoms with van der Waals surface area (Å²) in [5.41, 5.74) is 0. The van der Waals surface area contributed by atoms with Gasteiger partial charge in [-0.25, -0.2) is 0 Å². The van der Waals surface area contributed by atoms with E-state index in [1.807, 2.05) is 0 Å². The first-order valence-electron chi connectivity index (χ1n) is 5.13. The molecule has 5 heteroatoms. The molecule has 1 aliphatic heterocycles. The zero-order valence-corrected chi connectivity index (χ0v) is 9.35. The van der Waals surface area contributed by atoms with Gasteiger partial charge in [-0.05, 0) is 5.75 Å². The summed E-state index contributed by atoms with van der Waals surface area (Å²) >= 11 is 4.00. The number of nitrogens with one attached hydrogen (secondary N) is 2. The summed E-state index contributed by atoms with van der Waals surface area (Å²) < 4.78 is 0. The van der Waals surface area contributed by atoms with Crippen molar-refractivity contribution >= 4 is 18.5 Å². The molecule has 0 aromatic carbocycles. The van der Waals surface area contributed by atoms with E-state index in [4.69, 9.17) is 0 Å². The zero-order chi connectivity index (χ0) is 10.2. The van der Waals surface area contributed by atoms with Gasteiger partial charge < -0.3 is 10.6 Å². The lowest BCUT2D eigenvalue weighted by Crippen LogP contribution is -2.46. The highest BCUT2D eigenvalue weighted by Crippen LogP contribution is 1.90. The lowest BCUT2D eigenvalue weighted by molar-refractivity contribution is -0.120. The third kappa shape index (κ3) is 4.83. The molecule has 0 saturated carbocycles. The standard InChI is InChI=1S/C9H19N3OS/c13-9(1-8-14)11-4-7-12-5-2-10-3-6-12/h10,14H,1-8H2,(H,11,13). The molecular formula is C9H19N3OS. The minimum absolute atomic E-state index is 0.107. The van der Waals surface area contributed by atoms with Crippen LogP contribution in [0.3, 0.4) is 0 Å². The molecule has 0 aromatic rings. The molecule has 0 atom stereocenters. The van der Waals surface area contributed by atoms with Crippen molar-refractivity contribution in [3.63, 3.8) is 0 Å². The predicted molar refractivity (Wildman–Crippen MR) is 60.8 cm³/mol. The quantitative estimate of drug-likeness (QED) is 0.535. The van der Waals surface area contributed by atoms with Crippen LogP contribution in [-0.4, -0.2) is 55.8 Å². The van der Waals surface area contributed by atoms with Crippen molar-refractivity contribution in [1.29, 1.82) is 0 Å². The van der Waals surface area contributed by atoms with Crippen LogP contribution in [0.2, 0.25) is 0 Å². The first kappa shape index (κ1) is 11.8. The Balaban J connectivity index is 1.99. The molecule has 1 fully saturated rings. The summed E-state index contributed by atoms with van der Waals surface area (Å²) in [7, 11) is 0. The van der Waals surface area contributed by atoms with Crippen LogP contribution in [0.25, 0.3) is 0 Å². The lowest BCUT2D eigenvalue weighted by atomic mass is 10.3. The van der Waals surface area contributed by atoms with E-state index < -0.39 is 0 Å². The molecule has 0 unspecified atom stereocenters. The van der Waals surface area contributed by atoms with Gasteiger partial charge in [-0.1, -0.05) is 0 Å². The number of rotatable bonds is 5. The number of piperazine rings is 1. The molecule has 0 radical (unpaired) electrons. The Morgan fingerprint density at radius 3 is 2.79 bits per heavy atom. The van der Waals surface area contributed by atoms with Crippen LogP contribution in [0.5, 0.6) is 0 Å². The molecule has 4 nitrogen and oxygen atoms in total. The van der Waals surface area contributed by atoms with E-state index in [-0.39, 0.29) is 5.91 Å². The van der Waals surface area contributed by atoms with Gasteiger partial charge >= 0.3 is 0 Å². The second-order valence-electron chi connectivity index (χ2n) is 3.42. The fourth-order valence-corrected chi connectivity index (χ4v) is 1.68. The molecule has 82 valence electrons. The van der Waals surface area contributed by atoms with Crippen LogP contribution in [-0.2, 0) is 4.79 Å². The van der Waals surface area contributed by atoms with Gasteiger partial charge in [0, 0.05) is 45.7 Å². The van der Waals surface area contributed by atoms with Crippen molar-refractivity contribution in [3.05, 3.63) is 0 Å². The average Bonchev–Trinajstić information content (AvgIpc) is 2.20. The molecule has 0 bridgehead atoms. The summed E-state index contributed by atoms with van der Waals surface area (Å²) in [6.07, 6.45) is 0.519. The number of hydrogen-bond acceptors (Lipinski definition) is 4. The highest BCUT2D eigenvalue weighted by atomic mass is 32.1. The molecule has 1 amide bonds. The van der Waals surface area contributed by atoms with Crippen molar-refractivity contribution in [1.82, 2.24) is 15.5 Å². The van der Waals surface area contributed by atoms with Gasteiger partial charge in [-0.2, -0.15) is 12.6 Å². The Morgan fingerprint density at radius 2 is 2.14 bits per heavy atom. The predicted octanol–water partition coefficient (Wildman–Crippen LogP) is -0.672. The first-order chi connectivity index (χ1) is 6.83. The normalized spacial score (nSPS) is 18.1. The van der Waals surface area contributed by atoms with E-state index >= 15 is 0 Å². The number of thiol groups is 1. The van der Waals surface area contributed by atoms with Gasteiger partial charge in [0.25, 0.3) is 0 Å². The van der Waals surface area contributed by atoms with Gasteiger partial charge in [0.15, 0.2) is 0 Å². The number of hydrogen-bond donors (Lipinski definition) is 3. The van der Waals surface area contributed by atoms with Crippen LogP contribution in [0.15, 0.2) is 0 Å². The number of carbonyl (C=O) groups excluding carboxylic acids is 1. The fraction of sp³-hybridized carbons (Fsp3) is 0.889. The topological polar surface area (TPSA) is 44.4 Å². The number of carbonyl (C=O) groups is 1. The van der Waals surface area contributed by atoms with Crippen molar-refractivity contribution in [3.8, 4) is 0 Å². The third-order valence-electron chi connectivity index (χ3n) is 2.30. The van der Waals surface area contributed by atoms with E-state index in [1.165, 1.54) is 0 Å². The molecule has 1 aliphatic rings. The van der Waals surface area contributed by atoms with Gasteiger partial charge in [0.05, 0.1) is 0 Å². The molecule has 0 spiro atoms. The second kappa shape index (κ2) is 7.09. The maximum atomic E-state index is 11.1. The highest BCUT2D eigenvalue weighted by Gasteiger charge is 2.08. The largest absolute Gasteiger partial charge is 0.355 e. The fourth-order valence-electron chi connectivity index (χ4n) is 1.48. The number of nitrogens with zero attached hydrogens (tertiary/aromatic N) is 1. The molecule has 1 rings (SSSR count). The summed E-state index contributed by atoms with van der Waals surface area (Å²) in [6, 6.07) is 0. The molecular weight excluding hydrogens is 198 g/mol. The van der Waals surface area contributed by atoms with Crippen molar-refractivity contribution in [2.75, 3.05) is 45.0 Å². The van der Waals surface area contributed by atoms with Gasteiger partial charge in [0.1, 0.15) is 0 Å². The molecule has 2 N–H and O–H groups in total. The SMILES string of the molecule is O=C(CCS)NCCN1CCNCC1. The Hall–Kier alpha value is -0.260. The van der Waals surface area contributed by atoms with Gasteiger partial charge in [0.2, 0.25) is 5.91 Å². The second-order valence-corrected chi connectivity index (χ2v) is 3.86. The van der Waals surface area contributed by atoms with Gasteiger partial charge in [-0.15, -0.1) is 0 Å². The van der Waals surface area contributed by atoms with Crippen LogP contribution in [0, 0.1) is 0 Å². The van der Waals surface area contributed by atoms with Gasteiger partial charge in [-0.3, -0.25) is 9.69 Å². The third-order valence-corrected chi connectivity index (χ3v) is 2.52. The average molecular weight is 217 g/mol. The van der Waals surface area contributed by atoms with E-state index in [2.05, 4.69) is 28.2 Å². The smallest absolute Gasteiger partial charge is 0.220 e. The van der Waals surface area contributed by atoms with E-state index in [1.54, 1.807) is 0 Å². The van der Waals surface area contributed by atoms with Crippen LogP contribution >= 0.6 is 12.6 Å². The van der Waals surface area contributed by atoms with Crippen molar-refractivity contribution < 1.29 is 4.79 Å². The van der Waals surface area contributed by atoms with Crippen molar-refractivity contribution in [2.24, 2.45) is 0 Å². The lowest BCUT2D eigenvalue weighted by Gasteiger charge is -2.27. The Labute approximate surface area is 90.8 Å². The Morgan fingerprint density at radius 1 is 1.43 bits per heavy atom. The zero-order valence-electron chi connectivity index (χ0n) is 8.46. The maximum Gasteiger partial charge on any atom is 0.220 e. The highest BCUT2D eigenvalue weighted by molar-refractivity contribution is 7.80. The summed E-state index contributed by atoms with van der Waals surface area (Å²) in [5, 5.41) is 6.18. The summed E-state index contributed by atoms with van der Waals surface area (Å²) in [5.74, 6) is 0.731. The maximum absolute atomic E-state index is 11.1. The monoisotopic (exact) mass is 217 g/mol.